The molecular weight excluding hydrogens is 354 g/mol. The van der Waals surface area contributed by atoms with E-state index < -0.39 is 11.9 Å². The monoisotopic (exact) mass is 369 g/mol. The summed E-state index contributed by atoms with van der Waals surface area (Å²) in [6.45, 7) is 2.01. The fourth-order valence-corrected chi connectivity index (χ4v) is 2.08. The van der Waals surface area contributed by atoms with E-state index in [0.717, 1.165) is 0 Å². The number of hydrogen-bond acceptors (Lipinski definition) is 5. The van der Waals surface area contributed by atoms with Gasteiger partial charge >= 0.3 is 5.97 Å². The number of anilines is 2. The molecule has 0 saturated carbocycles. The lowest BCUT2D eigenvalue weighted by atomic mass is 10.2. The Morgan fingerprint density at radius 1 is 1.12 bits per heavy atom. The lowest BCUT2D eigenvalue weighted by molar-refractivity contribution is -0.112. The average molecular weight is 370 g/mol. The number of esters is 1. The Balaban J connectivity index is 2.02. The maximum Gasteiger partial charge on any atom is 0.338 e. The van der Waals surface area contributed by atoms with Gasteiger partial charge in [-0.2, -0.15) is 5.26 Å². The van der Waals surface area contributed by atoms with Crippen LogP contribution in [0.3, 0.4) is 0 Å². The van der Waals surface area contributed by atoms with Crippen LogP contribution in [0.15, 0.2) is 60.3 Å². The van der Waals surface area contributed by atoms with Crippen LogP contribution < -0.4 is 10.6 Å². The molecule has 2 N–H and O–H groups in total. The van der Waals surface area contributed by atoms with E-state index in [9.17, 15) is 14.9 Å². The molecular formula is C19H16ClN3O3. The van der Waals surface area contributed by atoms with Gasteiger partial charge in [-0.3, -0.25) is 4.79 Å². The van der Waals surface area contributed by atoms with Gasteiger partial charge in [-0.15, -0.1) is 0 Å². The summed E-state index contributed by atoms with van der Waals surface area (Å²) < 4.78 is 4.89. The Labute approximate surface area is 156 Å². The first-order chi connectivity index (χ1) is 12.5. The quantitative estimate of drug-likeness (QED) is 0.456. The van der Waals surface area contributed by atoms with E-state index in [1.54, 1.807) is 43.3 Å². The normalized spacial score (nSPS) is 10.6. The zero-order chi connectivity index (χ0) is 18.9. The third-order valence-corrected chi connectivity index (χ3v) is 3.50. The Kier molecular flexibility index (Phi) is 6.77. The number of nitrogens with zero attached hydrogens (tertiary/aromatic N) is 1. The third kappa shape index (κ3) is 5.36. The summed E-state index contributed by atoms with van der Waals surface area (Å²) in [5, 5.41) is 15.2. The van der Waals surface area contributed by atoms with Gasteiger partial charge in [0.2, 0.25) is 0 Å². The number of nitrogens with one attached hydrogen (secondary N) is 2. The van der Waals surface area contributed by atoms with E-state index in [-0.39, 0.29) is 12.2 Å². The maximum atomic E-state index is 12.2. The number of hydrogen-bond donors (Lipinski definition) is 2. The van der Waals surface area contributed by atoms with E-state index in [0.29, 0.717) is 22.0 Å². The van der Waals surface area contributed by atoms with Crippen LogP contribution in [0, 0.1) is 11.3 Å². The molecule has 0 aliphatic carbocycles. The highest BCUT2D eigenvalue weighted by Gasteiger charge is 2.11. The second-order valence-electron chi connectivity index (χ2n) is 5.07. The molecule has 26 heavy (non-hydrogen) atoms. The number of carbonyl (C=O) groups excluding carboxylic acids is 2. The fraction of sp³-hybridized carbons (Fsp3) is 0.105. The zero-order valence-corrected chi connectivity index (χ0v) is 14.7. The minimum absolute atomic E-state index is 0.102. The van der Waals surface area contributed by atoms with Crippen molar-refractivity contribution in [2.75, 3.05) is 17.2 Å². The number of ether oxygens (including phenoxy) is 1. The van der Waals surface area contributed by atoms with E-state index in [1.165, 1.54) is 18.3 Å². The van der Waals surface area contributed by atoms with E-state index in [1.807, 2.05) is 6.07 Å². The molecule has 0 saturated heterocycles. The van der Waals surface area contributed by atoms with Crippen molar-refractivity contribution < 1.29 is 14.3 Å². The molecule has 0 heterocycles. The number of benzene rings is 2. The molecule has 0 aromatic heterocycles. The van der Waals surface area contributed by atoms with Crippen molar-refractivity contribution in [3.05, 3.63) is 70.9 Å². The van der Waals surface area contributed by atoms with E-state index in [4.69, 9.17) is 16.3 Å². The highest BCUT2D eigenvalue weighted by Crippen LogP contribution is 2.15. The Morgan fingerprint density at radius 2 is 1.73 bits per heavy atom. The van der Waals surface area contributed by atoms with Crippen molar-refractivity contribution in [2.45, 2.75) is 6.92 Å². The molecule has 132 valence electrons. The molecule has 0 radical (unpaired) electrons. The smallest absolute Gasteiger partial charge is 0.338 e. The highest BCUT2D eigenvalue weighted by molar-refractivity contribution is 6.30. The molecule has 0 aliphatic heterocycles. The van der Waals surface area contributed by atoms with Crippen LogP contribution in [0.2, 0.25) is 5.02 Å². The molecule has 0 aliphatic rings. The summed E-state index contributed by atoms with van der Waals surface area (Å²) in [5.74, 6) is -1.01. The molecule has 6 nitrogen and oxygen atoms in total. The second-order valence-corrected chi connectivity index (χ2v) is 5.51. The summed E-state index contributed by atoms with van der Waals surface area (Å²) in [5.41, 5.74) is 1.42. The SMILES string of the molecule is CCOC(=O)c1ccc(NC(=O)/C(C#N)=C\Nc2ccc(Cl)cc2)cc1. The van der Waals surface area contributed by atoms with Gasteiger partial charge in [0.25, 0.3) is 5.91 Å². The third-order valence-electron chi connectivity index (χ3n) is 3.25. The lowest BCUT2D eigenvalue weighted by Gasteiger charge is -2.06. The molecule has 0 spiro atoms. The molecule has 0 fully saturated rings. The number of carbonyl (C=O) groups is 2. The molecule has 0 atom stereocenters. The Hall–Kier alpha value is -3.30. The van der Waals surface area contributed by atoms with Gasteiger partial charge < -0.3 is 15.4 Å². The van der Waals surface area contributed by atoms with Crippen molar-refractivity contribution in [1.29, 1.82) is 5.26 Å². The molecule has 2 aromatic rings. The van der Waals surface area contributed by atoms with Crippen LogP contribution in [0.1, 0.15) is 17.3 Å². The average Bonchev–Trinajstić information content (AvgIpc) is 2.64. The van der Waals surface area contributed by atoms with Gasteiger partial charge in [0.1, 0.15) is 11.6 Å². The molecule has 2 rings (SSSR count). The summed E-state index contributed by atoms with van der Waals surface area (Å²) in [6, 6.07) is 14.9. The minimum Gasteiger partial charge on any atom is -0.462 e. The number of amides is 1. The molecule has 1 amide bonds. The van der Waals surface area contributed by atoms with Crippen LogP contribution in [0.4, 0.5) is 11.4 Å². The topological polar surface area (TPSA) is 91.2 Å². The van der Waals surface area contributed by atoms with E-state index >= 15 is 0 Å². The predicted molar refractivity (Wildman–Crippen MR) is 99.8 cm³/mol. The number of halogens is 1. The van der Waals surface area contributed by atoms with Crippen molar-refractivity contribution in [2.24, 2.45) is 0 Å². The first-order valence-electron chi connectivity index (χ1n) is 7.74. The van der Waals surface area contributed by atoms with Crippen LogP contribution in [-0.4, -0.2) is 18.5 Å². The Bertz CT molecular complexity index is 853. The van der Waals surface area contributed by atoms with E-state index in [2.05, 4.69) is 10.6 Å². The van der Waals surface area contributed by atoms with Crippen LogP contribution in [-0.2, 0) is 9.53 Å². The summed E-state index contributed by atoms with van der Waals surface area (Å²) in [4.78, 5) is 23.8. The number of nitriles is 1. The standard InChI is InChI=1S/C19H16ClN3O3/c1-2-26-19(25)13-3-7-17(8-4-13)23-18(24)14(11-21)12-22-16-9-5-15(20)6-10-16/h3-10,12,22H,2H2,1H3,(H,23,24)/b14-12-. The maximum absolute atomic E-state index is 12.2. The minimum atomic E-state index is -0.571. The van der Waals surface area contributed by atoms with Gasteiger partial charge in [-0.05, 0) is 55.5 Å². The van der Waals surface area contributed by atoms with Crippen LogP contribution in [0.5, 0.6) is 0 Å². The summed E-state index contributed by atoms with van der Waals surface area (Å²) in [7, 11) is 0. The number of rotatable bonds is 6. The summed E-state index contributed by atoms with van der Waals surface area (Å²) in [6.07, 6.45) is 1.31. The highest BCUT2D eigenvalue weighted by atomic mass is 35.5. The zero-order valence-electron chi connectivity index (χ0n) is 14.0. The van der Waals surface area contributed by atoms with Crippen LogP contribution in [0.25, 0.3) is 0 Å². The largest absolute Gasteiger partial charge is 0.462 e. The lowest BCUT2D eigenvalue weighted by Crippen LogP contribution is -2.14. The van der Waals surface area contributed by atoms with Gasteiger partial charge in [0, 0.05) is 22.6 Å². The second kappa shape index (κ2) is 9.25. The van der Waals surface area contributed by atoms with Crippen molar-refractivity contribution in [3.63, 3.8) is 0 Å². The van der Waals surface area contributed by atoms with Crippen LogP contribution >= 0.6 is 11.6 Å². The first kappa shape index (κ1) is 19.0. The molecule has 0 unspecified atom stereocenters. The molecule has 7 heteroatoms. The van der Waals surface area contributed by atoms with Gasteiger partial charge in [0.05, 0.1) is 12.2 Å². The molecule has 2 aromatic carbocycles. The molecule has 0 bridgehead atoms. The Morgan fingerprint density at radius 3 is 2.31 bits per heavy atom. The van der Waals surface area contributed by atoms with Crippen molar-refractivity contribution in [3.8, 4) is 6.07 Å². The predicted octanol–water partition coefficient (Wildman–Crippen LogP) is 3.97. The van der Waals surface area contributed by atoms with Gasteiger partial charge in [0.15, 0.2) is 0 Å². The van der Waals surface area contributed by atoms with Crippen molar-refractivity contribution in [1.82, 2.24) is 0 Å². The first-order valence-corrected chi connectivity index (χ1v) is 8.12. The van der Waals surface area contributed by atoms with Crippen molar-refractivity contribution >= 4 is 34.9 Å². The summed E-state index contributed by atoms with van der Waals surface area (Å²) >= 11 is 5.80. The van der Waals surface area contributed by atoms with Gasteiger partial charge in [-0.1, -0.05) is 11.6 Å². The fourth-order valence-electron chi connectivity index (χ4n) is 1.95. The van der Waals surface area contributed by atoms with Gasteiger partial charge in [-0.25, -0.2) is 4.79 Å².